The van der Waals surface area contributed by atoms with Gasteiger partial charge in [0.1, 0.15) is 0 Å². The molecule has 0 amide bonds. The van der Waals surface area contributed by atoms with Crippen molar-refractivity contribution in [1.82, 2.24) is 29.6 Å². The summed E-state index contributed by atoms with van der Waals surface area (Å²) in [6.07, 6.45) is 3.36. The highest BCUT2D eigenvalue weighted by atomic mass is 127. The third-order valence-corrected chi connectivity index (χ3v) is 7.21. The van der Waals surface area contributed by atoms with E-state index in [1.807, 2.05) is 54.1 Å². The molecule has 0 spiro atoms. The van der Waals surface area contributed by atoms with Crippen molar-refractivity contribution in [2.75, 3.05) is 0 Å². The van der Waals surface area contributed by atoms with E-state index in [9.17, 15) is 5.11 Å². The predicted octanol–water partition coefficient (Wildman–Crippen LogP) is 5.22. The first-order chi connectivity index (χ1) is 16.9. The van der Waals surface area contributed by atoms with E-state index >= 15 is 0 Å². The maximum Gasteiger partial charge on any atom is 0.180 e. The van der Waals surface area contributed by atoms with Gasteiger partial charge in [0.2, 0.25) is 0 Å². The van der Waals surface area contributed by atoms with Gasteiger partial charge in [-0.2, -0.15) is 4.52 Å². The molecule has 7 nitrogen and oxygen atoms in total. The molecule has 0 aliphatic heterocycles. The second-order valence-electron chi connectivity index (χ2n) is 8.36. The number of pyridine rings is 1. The fourth-order valence-corrected chi connectivity index (χ4v) is 5.25. The van der Waals surface area contributed by atoms with E-state index in [2.05, 4.69) is 61.3 Å². The molecular formula is C26H18ClIN6O. The molecule has 0 aliphatic rings. The number of hydrogen-bond acceptors (Lipinski definition) is 5. The van der Waals surface area contributed by atoms with Crippen LogP contribution in [0, 0.1) is 3.57 Å². The fraction of sp³-hybridized carbons (Fsp3) is 0.0769. The van der Waals surface area contributed by atoms with Crippen molar-refractivity contribution < 1.29 is 5.11 Å². The zero-order valence-corrected chi connectivity index (χ0v) is 21.4. The summed E-state index contributed by atoms with van der Waals surface area (Å²) in [5, 5.41) is 26.1. The molecule has 0 aliphatic carbocycles. The average molecular weight is 593 g/mol. The first-order valence-corrected chi connectivity index (χ1v) is 12.3. The van der Waals surface area contributed by atoms with Crippen LogP contribution in [0.4, 0.5) is 0 Å². The molecule has 35 heavy (non-hydrogen) atoms. The molecule has 3 aromatic carbocycles. The first kappa shape index (κ1) is 22.1. The SMILES string of the molecule is Cn1cncc1C(O)(c1ccc(Cl)cc1)c1ccc2c(c1)c(-c1cccc(I)c1)cc1nnnn12. The smallest absolute Gasteiger partial charge is 0.180 e. The number of tetrazole rings is 1. The standard InChI is InChI=1S/C26H18ClIN6O/c1-33-15-29-14-24(33)26(35,17-5-8-19(27)9-6-17)18-7-10-23-22(12-18)21(13-25-30-31-32-34(23)25)16-3-2-4-20(28)11-16/h2-15,35H,1H3. The van der Waals surface area contributed by atoms with Crippen molar-refractivity contribution in [3.05, 3.63) is 111 Å². The number of nitrogens with zero attached hydrogens (tertiary/aromatic N) is 6. The molecule has 9 heteroatoms. The number of hydrogen-bond donors (Lipinski definition) is 1. The number of benzene rings is 3. The number of aryl methyl sites for hydroxylation is 1. The van der Waals surface area contributed by atoms with Gasteiger partial charge in [0.15, 0.2) is 11.2 Å². The molecule has 1 atom stereocenters. The first-order valence-electron chi connectivity index (χ1n) is 10.8. The lowest BCUT2D eigenvalue weighted by Gasteiger charge is -2.30. The summed E-state index contributed by atoms with van der Waals surface area (Å²) in [6.45, 7) is 0. The second kappa shape index (κ2) is 8.40. The Hall–Kier alpha value is -3.34. The summed E-state index contributed by atoms with van der Waals surface area (Å²) in [5.41, 5.74) is 4.05. The van der Waals surface area contributed by atoms with E-state index in [0.717, 1.165) is 25.6 Å². The van der Waals surface area contributed by atoms with Crippen molar-refractivity contribution in [2.45, 2.75) is 5.60 Å². The molecule has 0 bridgehead atoms. The summed E-state index contributed by atoms with van der Waals surface area (Å²) in [6, 6.07) is 23.3. The Bertz CT molecular complexity index is 1710. The van der Waals surface area contributed by atoms with E-state index in [-0.39, 0.29) is 0 Å². The highest BCUT2D eigenvalue weighted by Gasteiger charge is 2.37. The second-order valence-corrected chi connectivity index (χ2v) is 10.0. The summed E-state index contributed by atoms with van der Waals surface area (Å²) >= 11 is 8.47. The van der Waals surface area contributed by atoms with E-state index in [1.165, 1.54) is 0 Å². The molecular weight excluding hydrogens is 575 g/mol. The Morgan fingerprint density at radius 3 is 2.51 bits per heavy atom. The maximum absolute atomic E-state index is 12.4. The average Bonchev–Trinajstić information content (AvgIpc) is 3.52. The molecule has 0 saturated carbocycles. The Labute approximate surface area is 219 Å². The van der Waals surface area contributed by atoms with Crippen LogP contribution in [0.1, 0.15) is 16.8 Å². The molecule has 3 heterocycles. The van der Waals surface area contributed by atoms with Gasteiger partial charge < -0.3 is 9.67 Å². The zero-order chi connectivity index (χ0) is 24.2. The lowest BCUT2D eigenvalue weighted by molar-refractivity contribution is 0.117. The molecule has 3 aromatic heterocycles. The van der Waals surface area contributed by atoms with Crippen LogP contribution in [0.3, 0.4) is 0 Å². The Morgan fingerprint density at radius 2 is 1.77 bits per heavy atom. The number of halogens is 2. The van der Waals surface area contributed by atoms with Gasteiger partial charge in [-0.1, -0.05) is 41.9 Å². The molecule has 1 unspecified atom stereocenters. The number of aromatic nitrogens is 6. The van der Waals surface area contributed by atoms with Crippen molar-refractivity contribution in [2.24, 2.45) is 7.05 Å². The predicted molar refractivity (Wildman–Crippen MR) is 143 cm³/mol. The minimum Gasteiger partial charge on any atom is -0.374 e. The van der Waals surface area contributed by atoms with Crippen LogP contribution in [0.25, 0.3) is 27.7 Å². The molecule has 6 rings (SSSR count). The van der Waals surface area contributed by atoms with Gasteiger partial charge in [-0.15, -0.1) is 5.10 Å². The van der Waals surface area contributed by atoms with Crippen molar-refractivity contribution in [1.29, 1.82) is 0 Å². The summed E-state index contributed by atoms with van der Waals surface area (Å²) < 4.78 is 4.66. The van der Waals surface area contributed by atoms with Crippen LogP contribution in [-0.2, 0) is 12.6 Å². The quantitative estimate of drug-likeness (QED) is 0.284. The number of aliphatic hydroxyl groups is 1. The molecule has 172 valence electrons. The minimum atomic E-state index is -1.47. The van der Waals surface area contributed by atoms with Gasteiger partial charge >= 0.3 is 0 Å². The van der Waals surface area contributed by atoms with Crippen LogP contribution in [0.15, 0.2) is 85.3 Å². The maximum atomic E-state index is 12.4. The van der Waals surface area contributed by atoms with Gasteiger partial charge in [0.25, 0.3) is 0 Å². The van der Waals surface area contributed by atoms with Gasteiger partial charge in [-0.25, -0.2) is 4.98 Å². The number of fused-ring (bicyclic) bond motifs is 3. The highest BCUT2D eigenvalue weighted by Crippen LogP contribution is 2.40. The largest absolute Gasteiger partial charge is 0.374 e. The van der Waals surface area contributed by atoms with Crippen molar-refractivity contribution in [3.8, 4) is 11.1 Å². The van der Waals surface area contributed by atoms with Crippen LogP contribution in [-0.4, -0.2) is 34.7 Å². The molecule has 0 fully saturated rings. The monoisotopic (exact) mass is 592 g/mol. The highest BCUT2D eigenvalue weighted by molar-refractivity contribution is 14.1. The summed E-state index contributed by atoms with van der Waals surface area (Å²) in [7, 11) is 1.87. The van der Waals surface area contributed by atoms with E-state index in [0.29, 0.717) is 27.5 Å². The number of imidazole rings is 1. The third-order valence-electron chi connectivity index (χ3n) is 6.28. The lowest BCUT2D eigenvalue weighted by Crippen LogP contribution is -2.31. The van der Waals surface area contributed by atoms with Gasteiger partial charge in [0.05, 0.1) is 23.7 Å². The number of rotatable bonds is 4. The Morgan fingerprint density at radius 1 is 0.971 bits per heavy atom. The van der Waals surface area contributed by atoms with Gasteiger partial charge in [-0.05, 0) is 97.7 Å². The molecule has 6 aromatic rings. The topological polar surface area (TPSA) is 81.1 Å². The minimum absolute atomic E-state index is 0.599. The summed E-state index contributed by atoms with van der Waals surface area (Å²) in [4.78, 5) is 4.27. The normalized spacial score (nSPS) is 13.4. The Balaban J connectivity index is 1.68. The molecule has 1 N–H and O–H groups in total. The zero-order valence-electron chi connectivity index (χ0n) is 18.5. The van der Waals surface area contributed by atoms with Crippen molar-refractivity contribution >= 4 is 50.7 Å². The van der Waals surface area contributed by atoms with Gasteiger partial charge in [-0.3, -0.25) is 0 Å². The van der Waals surface area contributed by atoms with Gasteiger partial charge in [0, 0.05) is 21.0 Å². The molecule has 0 radical (unpaired) electrons. The van der Waals surface area contributed by atoms with Crippen LogP contribution >= 0.6 is 34.2 Å². The van der Waals surface area contributed by atoms with Crippen LogP contribution in [0.5, 0.6) is 0 Å². The van der Waals surface area contributed by atoms with E-state index in [1.54, 1.807) is 29.2 Å². The summed E-state index contributed by atoms with van der Waals surface area (Å²) in [5.74, 6) is 0. The van der Waals surface area contributed by atoms with E-state index < -0.39 is 5.60 Å². The van der Waals surface area contributed by atoms with Crippen LogP contribution < -0.4 is 0 Å². The molecule has 0 saturated heterocycles. The van der Waals surface area contributed by atoms with E-state index in [4.69, 9.17) is 11.6 Å². The fourth-order valence-electron chi connectivity index (χ4n) is 4.58. The van der Waals surface area contributed by atoms with Crippen molar-refractivity contribution in [3.63, 3.8) is 0 Å². The lowest BCUT2D eigenvalue weighted by atomic mass is 9.82. The Kier molecular flexibility index (Phi) is 5.32. The third kappa shape index (κ3) is 3.60. The van der Waals surface area contributed by atoms with Crippen LogP contribution in [0.2, 0.25) is 5.02 Å².